The van der Waals surface area contributed by atoms with E-state index in [1.165, 1.54) is 0 Å². The van der Waals surface area contributed by atoms with Gasteiger partial charge in [-0.25, -0.2) is 4.79 Å². The number of carbonyl (C=O) groups excluding carboxylic acids is 1. The van der Waals surface area contributed by atoms with Crippen molar-refractivity contribution in [2.45, 2.75) is 45.6 Å². The third-order valence-corrected chi connectivity index (χ3v) is 4.44. The van der Waals surface area contributed by atoms with Crippen molar-refractivity contribution in [1.82, 2.24) is 20.4 Å². The summed E-state index contributed by atoms with van der Waals surface area (Å²) in [6.07, 6.45) is 3.46. The summed E-state index contributed by atoms with van der Waals surface area (Å²) in [5, 5.41) is 6.91. The Morgan fingerprint density at radius 2 is 2.31 bits per heavy atom. The number of hydrogen-bond donors (Lipinski definition) is 1. The van der Waals surface area contributed by atoms with Crippen LogP contribution >= 0.6 is 0 Å². The monoisotopic (exact) mass is 358 g/mol. The average Bonchev–Trinajstić information content (AvgIpc) is 3.11. The van der Waals surface area contributed by atoms with E-state index >= 15 is 0 Å². The van der Waals surface area contributed by atoms with Crippen LogP contribution in [0.5, 0.6) is 5.75 Å². The Hall–Kier alpha value is -2.57. The number of aromatic nitrogens is 2. The molecule has 1 aromatic heterocycles. The van der Waals surface area contributed by atoms with Crippen LogP contribution in [0.15, 0.2) is 28.8 Å². The van der Waals surface area contributed by atoms with Crippen LogP contribution in [0.25, 0.3) is 0 Å². The van der Waals surface area contributed by atoms with Gasteiger partial charge in [0.05, 0.1) is 6.61 Å². The van der Waals surface area contributed by atoms with Crippen molar-refractivity contribution in [1.29, 1.82) is 0 Å². The van der Waals surface area contributed by atoms with Crippen LogP contribution in [0, 0.1) is 6.92 Å². The molecule has 3 rings (SSSR count). The van der Waals surface area contributed by atoms with Gasteiger partial charge in [0.25, 0.3) is 0 Å². The second-order valence-corrected chi connectivity index (χ2v) is 6.50. The number of rotatable bonds is 6. The van der Waals surface area contributed by atoms with Crippen molar-refractivity contribution in [3.63, 3.8) is 0 Å². The second-order valence-electron chi connectivity index (χ2n) is 6.50. The molecular weight excluding hydrogens is 332 g/mol. The zero-order chi connectivity index (χ0) is 18.4. The highest BCUT2D eigenvalue weighted by Gasteiger charge is 2.31. The van der Waals surface area contributed by atoms with Crippen LogP contribution in [0.1, 0.15) is 49.5 Å². The molecule has 1 N–H and O–H groups in total. The zero-order valence-electron chi connectivity index (χ0n) is 15.4. The molecule has 1 fully saturated rings. The number of amides is 2. The molecule has 2 aromatic rings. The number of hydrogen-bond acceptors (Lipinski definition) is 5. The number of nitrogens with one attached hydrogen (secondary N) is 1. The first kappa shape index (κ1) is 18.2. The minimum absolute atomic E-state index is 0.0697. The number of benzene rings is 1. The Kier molecular flexibility index (Phi) is 6.09. The number of likely N-dealkylation sites (tertiary alicyclic amines) is 1. The predicted molar refractivity (Wildman–Crippen MR) is 97.0 cm³/mol. The molecule has 0 radical (unpaired) electrons. The lowest BCUT2D eigenvalue weighted by Crippen LogP contribution is -2.44. The molecule has 1 aromatic carbocycles. The van der Waals surface area contributed by atoms with Gasteiger partial charge in [0.15, 0.2) is 5.82 Å². The van der Waals surface area contributed by atoms with Crippen LogP contribution in [0.4, 0.5) is 4.79 Å². The normalized spacial score (nSPS) is 17.2. The van der Waals surface area contributed by atoms with Gasteiger partial charge < -0.3 is 19.5 Å². The van der Waals surface area contributed by atoms with E-state index in [2.05, 4.69) is 15.5 Å². The Morgan fingerprint density at radius 1 is 1.42 bits per heavy atom. The fraction of sp³-hybridized carbons (Fsp3) is 0.526. The number of nitrogens with zero attached hydrogens (tertiary/aromatic N) is 3. The van der Waals surface area contributed by atoms with Gasteiger partial charge in [0.1, 0.15) is 11.8 Å². The van der Waals surface area contributed by atoms with Gasteiger partial charge in [-0.15, -0.1) is 0 Å². The fourth-order valence-corrected chi connectivity index (χ4v) is 3.15. The van der Waals surface area contributed by atoms with Gasteiger partial charge >= 0.3 is 6.03 Å². The van der Waals surface area contributed by atoms with Crippen LogP contribution in [0.2, 0.25) is 0 Å². The van der Waals surface area contributed by atoms with Crippen molar-refractivity contribution in [3.05, 3.63) is 41.5 Å². The van der Waals surface area contributed by atoms with Crippen molar-refractivity contribution in [2.75, 3.05) is 19.7 Å². The lowest BCUT2D eigenvalue weighted by molar-refractivity contribution is 0.132. The quantitative estimate of drug-likeness (QED) is 0.857. The minimum atomic E-state index is -0.144. The minimum Gasteiger partial charge on any atom is -0.493 e. The van der Waals surface area contributed by atoms with Crippen molar-refractivity contribution >= 4 is 6.03 Å². The molecule has 0 aliphatic carbocycles. The summed E-state index contributed by atoms with van der Waals surface area (Å²) in [4.78, 5) is 18.5. The smallest absolute Gasteiger partial charge is 0.318 e. The Morgan fingerprint density at radius 3 is 3.12 bits per heavy atom. The van der Waals surface area contributed by atoms with Crippen LogP contribution in [-0.4, -0.2) is 40.8 Å². The van der Waals surface area contributed by atoms with Crippen LogP contribution < -0.4 is 10.1 Å². The third-order valence-electron chi connectivity index (χ3n) is 4.44. The van der Waals surface area contributed by atoms with Crippen LogP contribution in [-0.2, 0) is 6.42 Å². The predicted octanol–water partition coefficient (Wildman–Crippen LogP) is 3.26. The van der Waals surface area contributed by atoms with Gasteiger partial charge in [-0.05, 0) is 50.8 Å². The molecule has 1 aliphatic heterocycles. The summed E-state index contributed by atoms with van der Waals surface area (Å²) >= 11 is 0. The summed E-state index contributed by atoms with van der Waals surface area (Å²) in [7, 11) is 0. The summed E-state index contributed by atoms with van der Waals surface area (Å²) in [6.45, 7) is 5.74. The molecule has 1 saturated heterocycles. The van der Waals surface area contributed by atoms with Gasteiger partial charge in [-0.3, -0.25) is 0 Å². The summed E-state index contributed by atoms with van der Waals surface area (Å²) < 4.78 is 11.2. The topological polar surface area (TPSA) is 80.5 Å². The van der Waals surface area contributed by atoms with E-state index in [0.29, 0.717) is 37.8 Å². The number of carbonyl (C=O) groups is 1. The standard InChI is InChI=1S/C19H26N4O3/c1-3-20-19(24)23-11-5-4-9-16(23)18-21-17(22-26-18)10-12-25-15-8-6-7-14(2)13-15/h6-8,13,16H,3-5,9-12H2,1-2H3,(H,20,24). The van der Waals surface area contributed by atoms with E-state index in [1.807, 2.05) is 38.1 Å². The Labute approximate surface area is 153 Å². The summed E-state index contributed by atoms with van der Waals surface area (Å²) in [5.74, 6) is 1.96. The highest BCUT2D eigenvalue weighted by Crippen LogP contribution is 2.29. The van der Waals surface area contributed by atoms with E-state index < -0.39 is 0 Å². The zero-order valence-corrected chi connectivity index (χ0v) is 15.4. The first-order chi connectivity index (χ1) is 12.7. The molecule has 7 heteroatoms. The van der Waals surface area contributed by atoms with E-state index in [9.17, 15) is 4.79 Å². The maximum atomic E-state index is 12.3. The molecule has 0 spiro atoms. The SMILES string of the molecule is CCNC(=O)N1CCCCC1c1nc(CCOc2cccc(C)c2)no1. The average molecular weight is 358 g/mol. The fourth-order valence-electron chi connectivity index (χ4n) is 3.15. The molecule has 7 nitrogen and oxygen atoms in total. The lowest BCUT2D eigenvalue weighted by atomic mass is 10.0. The number of urea groups is 1. The second kappa shape index (κ2) is 8.69. The molecule has 1 atom stereocenters. The molecule has 0 bridgehead atoms. The van der Waals surface area contributed by atoms with Crippen molar-refractivity contribution in [3.8, 4) is 5.75 Å². The summed E-state index contributed by atoms with van der Waals surface area (Å²) in [6, 6.07) is 7.71. The highest BCUT2D eigenvalue weighted by atomic mass is 16.5. The third kappa shape index (κ3) is 4.53. The summed E-state index contributed by atoms with van der Waals surface area (Å²) in [5.41, 5.74) is 1.16. The van der Waals surface area contributed by atoms with Crippen LogP contribution in [0.3, 0.4) is 0 Å². The molecule has 2 heterocycles. The Balaban J connectivity index is 1.58. The van der Waals surface area contributed by atoms with Gasteiger partial charge in [-0.2, -0.15) is 4.98 Å². The maximum Gasteiger partial charge on any atom is 0.318 e. The highest BCUT2D eigenvalue weighted by molar-refractivity contribution is 5.74. The molecule has 2 amide bonds. The number of piperidine rings is 1. The largest absolute Gasteiger partial charge is 0.493 e. The molecule has 0 saturated carbocycles. The van der Waals surface area contributed by atoms with Gasteiger partial charge in [0.2, 0.25) is 5.89 Å². The molecule has 26 heavy (non-hydrogen) atoms. The number of ether oxygens (including phenoxy) is 1. The van der Waals surface area contributed by atoms with E-state index in [0.717, 1.165) is 30.6 Å². The first-order valence-corrected chi connectivity index (χ1v) is 9.23. The maximum absolute atomic E-state index is 12.3. The number of aryl methyl sites for hydroxylation is 1. The lowest BCUT2D eigenvalue weighted by Gasteiger charge is -2.33. The molecule has 1 unspecified atom stereocenters. The molecular formula is C19H26N4O3. The van der Waals surface area contributed by atoms with E-state index in [-0.39, 0.29) is 12.1 Å². The van der Waals surface area contributed by atoms with Gasteiger partial charge in [0, 0.05) is 19.5 Å². The Bertz CT molecular complexity index is 731. The van der Waals surface area contributed by atoms with Crippen molar-refractivity contribution < 1.29 is 14.1 Å². The van der Waals surface area contributed by atoms with Crippen molar-refractivity contribution in [2.24, 2.45) is 0 Å². The van der Waals surface area contributed by atoms with Gasteiger partial charge in [-0.1, -0.05) is 17.3 Å². The first-order valence-electron chi connectivity index (χ1n) is 9.23. The van der Waals surface area contributed by atoms with E-state index in [4.69, 9.17) is 9.26 Å². The van der Waals surface area contributed by atoms with E-state index in [1.54, 1.807) is 4.90 Å². The molecule has 1 aliphatic rings. The molecule has 140 valence electrons.